The van der Waals surface area contributed by atoms with Crippen LogP contribution in [-0.2, 0) is 0 Å². The van der Waals surface area contributed by atoms with Crippen LogP contribution in [0.15, 0.2) is 11.1 Å². The minimum atomic E-state index is -0.315. The Hall–Kier alpha value is -1.07. The van der Waals surface area contributed by atoms with E-state index < -0.39 is 0 Å². The molecule has 1 heterocycles. The highest BCUT2D eigenvalue weighted by Gasteiger charge is 2.19. The fourth-order valence-electron chi connectivity index (χ4n) is 2.27. The van der Waals surface area contributed by atoms with Gasteiger partial charge in [0.05, 0.1) is 6.33 Å². The first kappa shape index (κ1) is 12.4. The summed E-state index contributed by atoms with van der Waals surface area (Å²) < 4.78 is 0. The molecule has 1 aliphatic rings. The molecule has 5 nitrogen and oxygen atoms in total. The van der Waals surface area contributed by atoms with Gasteiger partial charge in [-0.1, -0.05) is 18.0 Å². The molecule has 1 aromatic heterocycles. The number of nitrogens with two attached hydrogens (primary N) is 1. The van der Waals surface area contributed by atoms with E-state index in [0.717, 1.165) is 19.4 Å². The molecule has 1 aliphatic carbocycles. The summed E-state index contributed by atoms with van der Waals surface area (Å²) in [7, 11) is 0. The quantitative estimate of drug-likeness (QED) is 0.762. The molecule has 0 radical (unpaired) electrons. The highest BCUT2D eigenvalue weighted by molar-refractivity contribution is 6.32. The van der Waals surface area contributed by atoms with Crippen molar-refractivity contribution in [2.45, 2.75) is 31.7 Å². The van der Waals surface area contributed by atoms with Crippen molar-refractivity contribution in [1.29, 1.82) is 0 Å². The van der Waals surface area contributed by atoms with E-state index in [4.69, 9.17) is 17.3 Å². The Morgan fingerprint density at radius 1 is 1.59 bits per heavy atom. The lowest BCUT2D eigenvalue weighted by Crippen LogP contribution is -2.31. The van der Waals surface area contributed by atoms with Crippen LogP contribution in [-0.4, -0.2) is 22.6 Å². The standard InChI is InChI=1S/C11H17ClN4O/c12-9-10(15-6-16-11(9)17)14-5-7-2-1-3-8(13)4-7/h6-8H,1-5,13H2,(H2,14,15,16,17). The molecule has 4 N–H and O–H groups in total. The molecule has 2 rings (SSSR count). The number of nitrogens with one attached hydrogen (secondary N) is 2. The lowest BCUT2D eigenvalue weighted by Gasteiger charge is -2.26. The lowest BCUT2D eigenvalue weighted by molar-refractivity contribution is 0.335. The smallest absolute Gasteiger partial charge is 0.271 e. The third-order valence-electron chi connectivity index (χ3n) is 3.18. The van der Waals surface area contributed by atoms with Gasteiger partial charge in [0.25, 0.3) is 5.56 Å². The number of H-pyrrole nitrogens is 1. The minimum absolute atomic E-state index is 0.118. The van der Waals surface area contributed by atoms with Crippen LogP contribution in [0, 0.1) is 5.92 Å². The first-order chi connectivity index (χ1) is 8.16. The molecule has 0 aromatic carbocycles. The van der Waals surface area contributed by atoms with Crippen molar-refractivity contribution in [3.8, 4) is 0 Å². The molecule has 1 aromatic rings. The van der Waals surface area contributed by atoms with Gasteiger partial charge in [-0.2, -0.15) is 0 Å². The summed E-state index contributed by atoms with van der Waals surface area (Å²) in [5.41, 5.74) is 5.61. The topological polar surface area (TPSA) is 83.8 Å². The van der Waals surface area contributed by atoms with Gasteiger partial charge in [-0.15, -0.1) is 0 Å². The van der Waals surface area contributed by atoms with E-state index in [1.165, 1.54) is 19.2 Å². The molecule has 2 atom stereocenters. The Morgan fingerprint density at radius 2 is 2.41 bits per heavy atom. The van der Waals surface area contributed by atoms with Crippen LogP contribution >= 0.6 is 11.6 Å². The Kier molecular flexibility index (Phi) is 4.02. The monoisotopic (exact) mass is 256 g/mol. The zero-order valence-electron chi connectivity index (χ0n) is 9.58. The highest BCUT2D eigenvalue weighted by atomic mass is 35.5. The van der Waals surface area contributed by atoms with Crippen LogP contribution in [0.3, 0.4) is 0 Å². The number of rotatable bonds is 3. The van der Waals surface area contributed by atoms with Crippen molar-refractivity contribution in [3.63, 3.8) is 0 Å². The normalized spacial score (nSPS) is 24.6. The minimum Gasteiger partial charge on any atom is -0.368 e. The van der Waals surface area contributed by atoms with Crippen molar-refractivity contribution < 1.29 is 0 Å². The van der Waals surface area contributed by atoms with Crippen molar-refractivity contribution >= 4 is 17.4 Å². The van der Waals surface area contributed by atoms with Crippen LogP contribution in [0.4, 0.5) is 5.82 Å². The summed E-state index contributed by atoms with van der Waals surface area (Å²) >= 11 is 5.85. The molecule has 2 unspecified atom stereocenters. The first-order valence-electron chi connectivity index (χ1n) is 5.89. The summed E-state index contributed by atoms with van der Waals surface area (Å²) in [5.74, 6) is 0.991. The summed E-state index contributed by atoms with van der Waals surface area (Å²) in [4.78, 5) is 17.7. The number of hydrogen-bond donors (Lipinski definition) is 3. The van der Waals surface area contributed by atoms with E-state index >= 15 is 0 Å². The van der Waals surface area contributed by atoms with Crippen molar-refractivity contribution in [2.75, 3.05) is 11.9 Å². The summed E-state index contributed by atoms with van der Waals surface area (Å²) in [6, 6.07) is 0.304. The van der Waals surface area contributed by atoms with Gasteiger partial charge in [0, 0.05) is 12.6 Å². The number of halogens is 1. The first-order valence-corrected chi connectivity index (χ1v) is 6.27. The molecule has 0 bridgehead atoms. The maximum atomic E-state index is 11.3. The van der Waals surface area contributed by atoms with Gasteiger partial charge in [0.1, 0.15) is 5.02 Å². The zero-order valence-corrected chi connectivity index (χ0v) is 10.3. The Bertz CT molecular complexity index is 434. The molecule has 0 amide bonds. The fourth-order valence-corrected chi connectivity index (χ4v) is 2.44. The van der Waals surface area contributed by atoms with E-state index in [1.54, 1.807) is 0 Å². The molecule has 94 valence electrons. The average molecular weight is 257 g/mol. The Labute approximate surface area is 105 Å². The third kappa shape index (κ3) is 3.20. The number of nitrogens with zero attached hydrogens (tertiary/aromatic N) is 1. The molecule has 0 spiro atoms. The van der Waals surface area contributed by atoms with Gasteiger partial charge >= 0.3 is 0 Å². The number of hydrogen-bond acceptors (Lipinski definition) is 4. The third-order valence-corrected chi connectivity index (χ3v) is 3.53. The molecule has 1 saturated carbocycles. The van der Waals surface area contributed by atoms with Crippen molar-refractivity contribution in [3.05, 3.63) is 21.7 Å². The van der Waals surface area contributed by atoms with Crippen LogP contribution in [0.5, 0.6) is 0 Å². The van der Waals surface area contributed by atoms with Crippen molar-refractivity contribution in [1.82, 2.24) is 9.97 Å². The van der Waals surface area contributed by atoms with Gasteiger partial charge in [0.15, 0.2) is 5.82 Å². The van der Waals surface area contributed by atoms with E-state index in [0.29, 0.717) is 17.8 Å². The second kappa shape index (κ2) is 5.51. The van der Waals surface area contributed by atoms with Gasteiger partial charge in [0.2, 0.25) is 0 Å². The molecule has 1 fully saturated rings. The maximum Gasteiger partial charge on any atom is 0.271 e. The summed E-state index contributed by atoms with van der Waals surface area (Å²) in [6.07, 6.45) is 5.82. The zero-order chi connectivity index (χ0) is 12.3. The van der Waals surface area contributed by atoms with Gasteiger partial charge in [-0.25, -0.2) is 4.98 Å². The van der Waals surface area contributed by atoms with E-state index in [1.807, 2.05) is 0 Å². The highest BCUT2D eigenvalue weighted by Crippen LogP contribution is 2.23. The lowest BCUT2D eigenvalue weighted by atomic mass is 9.86. The van der Waals surface area contributed by atoms with Gasteiger partial charge in [-0.3, -0.25) is 4.79 Å². The van der Waals surface area contributed by atoms with Crippen LogP contribution in [0.2, 0.25) is 5.02 Å². The predicted octanol–water partition coefficient (Wildman–Crippen LogP) is 1.35. The molecule has 6 heteroatoms. The second-order valence-electron chi connectivity index (χ2n) is 4.57. The van der Waals surface area contributed by atoms with Gasteiger partial charge in [-0.05, 0) is 25.2 Å². The van der Waals surface area contributed by atoms with Crippen LogP contribution in [0.25, 0.3) is 0 Å². The number of aromatic nitrogens is 2. The number of anilines is 1. The van der Waals surface area contributed by atoms with Crippen LogP contribution < -0.4 is 16.6 Å². The second-order valence-corrected chi connectivity index (χ2v) is 4.95. The van der Waals surface area contributed by atoms with E-state index in [9.17, 15) is 4.79 Å². The number of aromatic amines is 1. The largest absolute Gasteiger partial charge is 0.368 e. The summed E-state index contributed by atoms with van der Waals surface area (Å²) in [6.45, 7) is 0.768. The molecular weight excluding hydrogens is 240 g/mol. The van der Waals surface area contributed by atoms with E-state index in [-0.39, 0.29) is 10.6 Å². The van der Waals surface area contributed by atoms with Gasteiger partial charge < -0.3 is 16.0 Å². The van der Waals surface area contributed by atoms with Crippen molar-refractivity contribution in [2.24, 2.45) is 11.7 Å². The molecule has 0 saturated heterocycles. The molecule has 0 aliphatic heterocycles. The average Bonchev–Trinajstić information content (AvgIpc) is 2.31. The maximum absolute atomic E-state index is 11.3. The Morgan fingerprint density at radius 3 is 3.18 bits per heavy atom. The van der Waals surface area contributed by atoms with Crippen LogP contribution in [0.1, 0.15) is 25.7 Å². The molecule has 17 heavy (non-hydrogen) atoms. The predicted molar refractivity (Wildman–Crippen MR) is 68.3 cm³/mol. The SMILES string of the molecule is NC1CCCC(CNc2nc[nH]c(=O)c2Cl)C1. The Balaban J connectivity index is 1.93. The summed E-state index contributed by atoms with van der Waals surface area (Å²) in [5, 5.41) is 3.24. The molecular formula is C11H17ClN4O. The fraction of sp³-hybridized carbons (Fsp3) is 0.636. The van der Waals surface area contributed by atoms with E-state index in [2.05, 4.69) is 15.3 Å².